The van der Waals surface area contributed by atoms with Crippen molar-refractivity contribution in [2.24, 2.45) is 11.3 Å². The van der Waals surface area contributed by atoms with Gasteiger partial charge in [-0.05, 0) is 30.6 Å². The summed E-state index contributed by atoms with van der Waals surface area (Å²) in [5, 5.41) is 9.42. The van der Waals surface area contributed by atoms with Crippen LogP contribution in [0.15, 0.2) is 0 Å². The third kappa shape index (κ3) is 6.19. The van der Waals surface area contributed by atoms with Crippen molar-refractivity contribution in [2.45, 2.75) is 72.6 Å². The average Bonchev–Trinajstić information content (AvgIpc) is 2.24. The minimum atomic E-state index is 0.220. The Morgan fingerprint density at radius 3 is 2.00 bits per heavy atom. The topological polar surface area (TPSA) is 20.2 Å². The highest BCUT2D eigenvalue weighted by molar-refractivity contribution is 4.75. The van der Waals surface area contributed by atoms with Gasteiger partial charge in [0.2, 0.25) is 0 Å². The molecule has 15 heavy (non-hydrogen) atoms. The maximum absolute atomic E-state index is 9.42. The molecule has 0 fully saturated rings. The van der Waals surface area contributed by atoms with Gasteiger partial charge in [0.1, 0.15) is 0 Å². The Balaban J connectivity index is 3.63. The number of hydrogen-bond acceptors (Lipinski definition) is 1. The lowest BCUT2D eigenvalue weighted by molar-refractivity contribution is 0.102. The molecule has 0 aliphatic carbocycles. The van der Waals surface area contributed by atoms with Crippen molar-refractivity contribution in [3.63, 3.8) is 0 Å². The van der Waals surface area contributed by atoms with Gasteiger partial charge in [-0.25, -0.2) is 0 Å². The molecule has 0 rings (SSSR count). The van der Waals surface area contributed by atoms with E-state index in [0.717, 1.165) is 18.8 Å². The molecular weight excluding hydrogens is 184 g/mol. The highest BCUT2D eigenvalue weighted by atomic mass is 16.3. The van der Waals surface area contributed by atoms with Crippen molar-refractivity contribution >= 4 is 0 Å². The average molecular weight is 214 g/mol. The zero-order chi connectivity index (χ0) is 11.7. The van der Waals surface area contributed by atoms with E-state index >= 15 is 0 Å². The van der Waals surface area contributed by atoms with Crippen LogP contribution in [0, 0.1) is 11.3 Å². The van der Waals surface area contributed by atoms with E-state index in [1.54, 1.807) is 0 Å². The quantitative estimate of drug-likeness (QED) is 0.564. The first-order chi connectivity index (χ1) is 7.10. The van der Waals surface area contributed by atoms with Gasteiger partial charge in [0.15, 0.2) is 0 Å². The lowest BCUT2D eigenvalue weighted by Crippen LogP contribution is -2.23. The molecule has 0 radical (unpaired) electrons. The van der Waals surface area contributed by atoms with Crippen LogP contribution in [0.3, 0.4) is 0 Å². The fraction of sp³-hybridized carbons (Fsp3) is 1.00. The molecule has 0 spiro atoms. The molecule has 0 atom stereocenters. The Kier molecular flexibility index (Phi) is 8.13. The van der Waals surface area contributed by atoms with E-state index in [1.165, 1.54) is 32.1 Å². The molecule has 0 saturated carbocycles. The lowest BCUT2D eigenvalue weighted by Gasteiger charge is -2.29. The Bertz CT molecular complexity index is 128. The Morgan fingerprint density at radius 2 is 1.60 bits per heavy atom. The van der Waals surface area contributed by atoms with Gasteiger partial charge in [-0.2, -0.15) is 0 Å². The maximum atomic E-state index is 9.42. The molecule has 0 aromatic carbocycles. The molecule has 0 unspecified atom stereocenters. The second-order valence-electron chi connectivity index (χ2n) is 5.36. The monoisotopic (exact) mass is 214 g/mol. The van der Waals surface area contributed by atoms with Crippen LogP contribution >= 0.6 is 0 Å². The normalized spacial score (nSPS) is 12.4. The first kappa shape index (κ1) is 15.0. The number of hydrogen-bond donors (Lipinski definition) is 1. The van der Waals surface area contributed by atoms with E-state index in [4.69, 9.17) is 0 Å². The van der Waals surface area contributed by atoms with E-state index in [1.807, 2.05) is 0 Å². The van der Waals surface area contributed by atoms with Gasteiger partial charge in [-0.1, -0.05) is 53.4 Å². The molecule has 0 aromatic heterocycles. The third-order valence-corrected chi connectivity index (χ3v) is 3.82. The van der Waals surface area contributed by atoms with Gasteiger partial charge in [-0.15, -0.1) is 0 Å². The summed E-state index contributed by atoms with van der Waals surface area (Å²) in [7, 11) is 0. The minimum absolute atomic E-state index is 0.220. The van der Waals surface area contributed by atoms with Crippen LogP contribution in [-0.2, 0) is 0 Å². The summed E-state index contributed by atoms with van der Waals surface area (Å²) in [6.45, 7) is 9.35. The van der Waals surface area contributed by atoms with Gasteiger partial charge >= 0.3 is 0 Å². The van der Waals surface area contributed by atoms with E-state index in [9.17, 15) is 5.11 Å². The van der Waals surface area contributed by atoms with Gasteiger partial charge < -0.3 is 5.11 Å². The van der Waals surface area contributed by atoms with E-state index < -0.39 is 0 Å². The fourth-order valence-electron chi connectivity index (χ4n) is 2.14. The van der Waals surface area contributed by atoms with Crippen LogP contribution in [0.2, 0.25) is 0 Å². The molecular formula is C14H30O. The van der Waals surface area contributed by atoms with E-state index in [2.05, 4.69) is 27.7 Å². The van der Waals surface area contributed by atoms with Crippen LogP contribution in [0.1, 0.15) is 72.6 Å². The molecule has 0 saturated heterocycles. The number of aliphatic hydroxyl groups is 1. The summed E-state index contributed by atoms with van der Waals surface area (Å²) < 4.78 is 0. The standard InChI is InChI=1S/C14H30O/c1-5-14(6-2,12-15)11-9-7-8-10-13(3)4/h13,15H,5-12H2,1-4H3. The van der Waals surface area contributed by atoms with Crippen molar-refractivity contribution in [2.75, 3.05) is 6.61 Å². The fourth-order valence-corrected chi connectivity index (χ4v) is 2.14. The van der Waals surface area contributed by atoms with Crippen LogP contribution in [-0.4, -0.2) is 11.7 Å². The molecule has 1 N–H and O–H groups in total. The van der Waals surface area contributed by atoms with Gasteiger partial charge in [0, 0.05) is 6.61 Å². The van der Waals surface area contributed by atoms with Crippen molar-refractivity contribution in [1.82, 2.24) is 0 Å². The Hall–Kier alpha value is -0.0400. The molecule has 1 nitrogen and oxygen atoms in total. The Labute approximate surface area is 96.3 Å². The number of unbranched alkanes of at least 4 members (excludes halogenated alkanes) is 2. The van der Waals surface area contributed by atoms with Crippen LogP contribution < -0.4 is 0 Å². The predicted molar refractivity (Wildman–Crippen MR) is 68.0 cm³/mol. The molecule has 0 aromatic rings. The first-order valence-electron chi connectivity index (χ1n) is 6.71. The number of rotatable bonds is 9. The smallest absolute Gasteiger partial charge is 0.0487 e. The van der Waals surface area contributed by atoms with E-state index in [-0.39, 0.29) is 5.41 Å². The molecule has 1 heteroatoms. The summed E-state index contributed by atoms with van der Waals surface area (Å²) >= 11 is 0. The lowest BCUT2D eigenvalue weighted by atomic mass is 9.78. The van der Waals surface area contributed by atoms with Crippen molar-refractivity contribution in [3.8, 4) is 0 Å². The zero-order valence-electron chi connectivity index (χ0n) is 11.2. The molecule has 0 aliphatic rings. The Morgan fingerprint density at radius 1 is 1.00 bits per heavy atom. The molecule has 0 heterocycles. The highest BCUT2D eigenvalue weighted by Gasteiger charge is 2.24. The second kappa shape index (κ2) is 8.15. The van der Waals surface area contributed by atoms with E-state index in [0.29, 0.717) is 6.61 Å². The summed E-state index contributed by atoms with van der Waals surface area (Å²) in [5.41, 5.74) is 0.220. The van der Waals surface area contributed by atoms with Gasteiger partial charge in [-0.3, -0.25) is 0 Å². The SMILES string of the molecule is CCC(CC)(CO)CCCCCC(C)C. The maximum Gasteiger partial charge on any atom is 0.0487 e. The van der Waals surface area contributed by atoms with Crippen molar-refractivity contribution in [3.05, 3.63) is 0 Å². The zero-order valence-corrected chi connectivity index (χ0v) is 11.2. The molecule has 92 valence electrons. The third-order valence-electron chi connectivity index (χ3n) is 3.82. The van der Waals surface area contributed by atoms with Gasteiger partial charge in [0.05, 0.1) is 0 Å². The van der Waals surface area contributed by atoms with Crippen molar-refractivity contribution in [1.29, 1.82) is 0 Å². The predicted octanol–water partition coefficient (Wildman–Crippen LogP) is 4.39. The number of aliphatic hydroxyl groups excluding tert-OH is 1. The highest BCUT2D eigenvalue weighted by Crippen LogP contribution is 2.32. The summed E-state index contributed by atoms with van der Waals surface area (Å²) in [6, 6.07) is 0. The van der Waals surface area contributed by atoms with Crippen LogP contribution in [0.4, 0.5) is 0 Å². The molecule has 0 bridgehead atoms. The van der Waals surface area contributed by atoms with Crippen molar-refractivity contribution < 1.29 is 5.11 Å². The van der Waals surface area contributed by atoms with Crippen LogP contribution in [0.5, 0.6) is 0 Å². The minimum Gasteiger partial charge on any atom is -0.396 e. The largest absolute Gasteiger partial charge is 0.396 e. The summed E-state index contributed by atoms with van der Waals surface area (Å²) in [5.74, 6) is 0.838. The summed E-state index contributed by atoms with van der Waals surface area (Å²) in [4.78, 5) is 0. The van der Waals surface area contributed by atoms with Gasteiger partial charge in [0.25, 0.3) is 0 Å². The van der Waals surface area contributed by atoms with Crippen LogP contribution in [0.25, 0.3) is 0 Å². The second-order valence-corrected chi connectivity index (χ2v) is 5.36. The summed E-state index contributed by atoms with van der Waals surface area (Å²) in [6.07, 6.45) is 8.76. The first-order valence-corrected chi connectivity index (χ1v) is 6.71. The molecule has 0 aliphatic heterocycles. The molecule has 0 amide bonds.